The average molecular weight is 382 g/mol. The highest BCUT2D eigenvalue weighted by Crippen LogP contribution is 2.32. The highest BCUT2D eigenvalue weighted by atomic mass is 35.5. The second-order valence-electron chi connectivity index (χ2n) is 6.01. The summed E-state index contributed by atoms with van der Waals surface area (Å²) in [5, 5.41) is 27.4. The van der Waals surface area contributed by atoms with Gasteiger partial charge in [0, 0.05) is 28.6 Å². The van der Waals surface area contributed by atoms with Crippen LogP contribution in [-0.4, -0.2) is 25.2 Å². The Kier molecular flexibility index (Phi) is 4.52. The summed E-state index contributed by atoms with van der Waals surface area (Å²) in [5.74, 6) is 1.02. The predicted octanol–water partition coefficient (Wildman–Crippen LogP) is 4.66. The molecule has 4 rings (SSSR count). The van der Waals surface area contributed by atoms with Crippen molar-refractivity contribution < 1.29 is 10.2 Å². The van der Waals surface area contributed by atoms with Gasteiger partial charge in [-0.05, 0) is 36.2 Å². The minimum Gasteiger partial charge on any atom is -0.512 e. The Labute approximate surface area is 160 Å². The fraction of sp³-hybridized carbons (Fsp3) is 0.105. The molecule has 7 nitrogen and oxygen atoms in total. The summed E-state index contributed by atoms with van der Waals surface area (Å²) in [4.78, 5) is 12.5. The van der Waals surface area contributed by atoms with Gasteiger partial charge in [0.2, 0.25) is 17.2 Å². The molecular formula is C19H16ClN5O2. The number of benzene rings is 2. The third kappa shape index (κ3) is 3.78. The molecule has 4 N–H and O–H groups in total. The summed E-state index contributed by atoms with van der Waals surface area (Å²) in [7, 11) is 0. The second-order valence-corrected chi connectivity index (χ2v) is 6.35. The monoisotopic (exact) mass is 381 g/mol. The van der Waals surface area contributed by atoms with Gasteiger partial charge in [-0.2, -0.15) is 15.0 Å². The highest BCUT2D eigenvalue weighted by Gasteiger charge is 2.11. The van der Waals surface area contributed by atoms with Crippen LogP contribution in [0.3, 0.4) is 0 Å². The normalized spacial score (nSPS) is 13.8. The van der Waals surface area contributed by atoms with Gasteiger partial charge in [0.25, 0.3) is 0 Å². The molecule has 0 saturated heterocycles. The molecule has 8 heteroatoms. The standard InChI is InChI=1S/C19H16ClN5O2/c20-17-23-18(21-11-4-3-5-12(26)10-11)25-19(24-17)22-15-8-9-16(27)14-7-2-1-6-13(14)15/h1-2,4,6-10,26-27H,3,5H2,(H2,21,22,23,24,25). The van der Waals surface area contributed by atoms with E-state index in [0.29, 0.717) is 23.3 Å². The van der Waals surface area contributed by atoms with Gasteiger partial charge in [-0.25, -0.2) is 0 Å². The maximum absolute atomic E-state index is 10.0. The van der Waals surface area contributed by atoms with Gasteiger partial charge >= 0.3 is 0 Å². The predicted molar refractivity (Wildman–Crippen MR) is 105 cm³/mol. The van der Waals surface area contributed by atoms with Crippen molar-refractivity contribution in [1.82, 2.24) is 15.0 Å². The summed E-state index contributed by atoms with van der Waals surface area (Å²) in [5.41, 5.74) is 1.42. The first-order valence-electron chi connectivity index (χ1n) is 8.34. The Morgan fingerprint density at radius 1 is 0.889 bits per heavy atom. The van der Waals surface area contributed by atoms with Gasteiger partial charge in [0.1, 0.15) is 5.75 Å². The summed E-state index contributed by atoms with van der Waals surface area (Å²) in [6.07, 6.45) is 4.91. The number of aromatic nitrogens is 3. The van der Waals surface area contributed by atoms with Gasteiger partial charge in [-0.15, -0.1) is 0 Å². The first-order chi connectivity index (χ1) is 13.1. The van der Waals surface area contributed by atoms with E-state index in [1.165, 1.54) is 0 Å². The molecule has 2 aromatic carbocycles. The fourth-order valence-electron chi connectivity index (χ4n) is 2.88. The van der Waals surface area contributed by atoms with Crippen LogP contribution in [0.2, 0.25) is 5.28 Å². The Bertz CT molecular complexity index is 1080. The number of aliphatic hydroxyl groups is 1. The minimum absolute atomic E-state index is 0.0303. The number of halogens is 1. The summed E-state index contributed by atoms with van der Waals surface area (Å²) in [6, 6.07) is 10.8. The van der Waals surface area contributed by atoms with Crippen LogP contribution in [-0.2, 0) is 0 Å². The lowest BCUT2D eigenvalue weighted by Gasteiger charge is -2.13. The molecule has 0 aliphatic heterocycles. The summed E-state index contributed by atoms with van der Waals surface area (Å²) >= 11 is 6.04. The van der Waals surface area contributed by atoms with Crippen LogP contribution in [0.25, 0.3) is 10.8 Å². The molecule has 0 bridgehead atoms. The molecule has 136 valence electrons. The molecule has 1 aromatic heterocycles. The number of nitrogens with zero attached hydrogens (tertiary/aromatic N) is 3. The van der Waals surface area contributed by atoms with E-state index in [1.807, 2.05) is 30.3 Å². The maximum Gasteiger partial charge on any atom is 0.233 e. The third-order valence-corrected chi connectivity index (χ3v) is 4.27. The molecule has 0 amide bonds. The summed E-state index contributed by atoms with van der Waals surface area (Å²) in [6.45, 7) is 0. The Morgan fingerprint density at radius 3 is 2.41 bits per heavy atom. The Morgan fingerprint density at radius 2 is 1.63 bits per heavy atom. The van der Waals surface area contributed by atoms with Crippen LogP contribution < -0.4 is 10.6 Å². The third-order valence-electron chi connectivity index (χ3n) is 4.10. The summed E-state index contributed by atoms with van der Waals surface area (Å²) < 4.78 is 0. The van der Waals surface area contributed by atoms with Crippen LogP contribution in [0.4, 0.5) is 17.6 Å². The molecule has 3 aromatic rings. The van der Waals surface area contributed by atoms with Crippen LogP contribution in [0.5, 0.6) is 5.75 Å². The molecule has 1 aliphatic rings. The molecule has 0 spiro atoms. The number of aliphatic hydroxyl groups excluding tert-OH is 1. The maximum atomic E-state index is 10.0. The zero-order chi connectivity index (χ0) is 18.8. The number of aromatic hydroxyl groups is 1. The van der Waals surface area contributed by atoms with Crippen molar-refractivity contribution in [1.29, 1.82) is 0 Å². The second kappa shape index (κ2) is 7.13. The van der Waals surface area contributed by atoms with E-state index in [-0.39, 0.29) is 22.9 Å². The molecule has 27 heavy (non-hydrogen) atoms. The number of hydrogen-bond donors (Lipinski definition) is 4. The first kappa shape index (κ1) is 17.1. The lowest BCUT2D eigenvalue weighted by molar-refractivity contribution is 0.386. The van der Waals surface area contributed by atoms with Crippen molar-refractivity contribution in [2.24, 2.45) is 0 Å². The Hall–Kier alpha value is -3.32. The van der Waals surface area contributed by atoms with E-state index in [0.717, 1.165) is 17.5 Å². The minimum atomic E-state index is 0.0303. The van der Waals surface area contributed by atoms with Gasteiger partial charge in [0.15, 0.2) is 0 Å². The van der Waals surface area contributed by atoms with Crippen molar-refractivity contribution >= 4 is 40.0 Å². The van der Waals surface area contributed by atoms with Gasteiger partial charge in [0.05, 0.1) is 5.76 Å². The zero-order valence-corrected chi connectivity index (χ0v) is 14.9. The SMILES string of the molecule is OC1=CC(Nc2nc(Cl)nc(Nc3ccc(O)c4ccccc34)n2)=CCC1. The number of fused-ring (bicyclic) bond motifs is 1. The van der Waals surface area contributed by atoms with Gasteiger partial charge in [-0.1, -0.05) is 30.3 Å². The van der Waals surface area contributed by atoms with Crippen LogP contribution >= 0.6 is 11.6 Å². The van der Waals surface area contributed by atoms with E-state index >= 15 is 0 Å². The smallest absolute Gasteiger partial charge is 0.233 e. The van der Waals surface area contributed by atoms with Crippen molar-refractivity contribution in [3.8, 4) is 5.75 Å². The molecule has 1 aliphatic carbocycles. The number of hydrogen-bond acceptors (Lipinski definition) is 7. The van der Waals surface area contributed by atoms with Crippen LogP contribution in [0, 0.1) is 0 Å². The zero-order valence-electron chi connectivity index (χ0n) is 14.1. The van der Waals surface area contributed by atoms with E-state index in [4.69, 9.17) is 11.6 Å². The number of allylic oxidation sites excluding steroid dienone is 3. The van der Waals surface area contributed by atoms with Crippen molar-refractivity contribution in [2.45, 2.75) is 12.8 Å². The van der Waals surface area contributed by atoms with Crippen molar-refractivity contribution in [3.63, 3.8) is 0 Å². The topological polar surface area (TPSA) is 103 Å². The van der Waals surface area contributed by atoms with E-state index in [2.05, 4.69) is 25.6 Å². The average Bonchev–Trinajstić information content (AvgIpc) is 2.64. The largest absolute Gasteiger partial charge is 0.512 e. The van der Waals surface area contributed by atoms with Crippen LogP contribution in [0.1, 0.15) is 12.8 Å². The fourth-order valence-corrected chi connectivity index (χ4v) is 3.04. The number of phenolic OH excluding ortho intramolecular Hbond substituents is 1. The Balaban J connectivity index is 1.65. The van der Waals surface area contributed by atoms with Crippen molar-refractivity contribution in [2.75, 3.05) is 10.6 Å². The number of nitrogens with one attached hydrogen (secondary N) is 2. The molecule has 0 radical (unpaired) electrons. The quantitative estimate of drug-likeness (QED) is 0.487. The number of phenols is 1. The molecule has 0 saturated carbocycles. The van der Waals surface area contributed by atoms with E-state index in [9.17, 15) is 10.2 Å². The molecule has 0 unspecified atom stereocenters. The lowest BCUT2D eigenvalue weighted by Crippen LogP contribution is -2.08. The number of anilines is 3. The van der Waals surface area contributed by atoms with E-state index < -0.39 is 0 Å². The van der Waals surface area contributed by atoms with Gasteiger partial charge in [-0.3, -0.25) is 0 Å². The first-order valence-corrected chi connectivity index (χ1v) is 8.72. The lowest BCUT2D eigenvalue weighted by atomic mass is 10.1. The van der Waals surface area contributed by atoms with E-state index in [1.54, 1.807) is 18.2 Å². The van der Waals surface area contributed by atoms with Crippen molar-refractivity contribution in [3.05, 3.63) is 65.3 Å². The molecule has 0 fully saturated rings. The molecule has 0 atom stereocenters. The van der Waals surface area contributed by atoms with Crippen LogP contribution in [0.15, 0.2) is 60.0 Å². The molecular weight excluding hydrogens is 366 g/mol. The highest BCUT2D eigenvalue weighted by molar-refractivity contribution is 6.28. The van der Waals surface area contributed by atoms with Gasteiger partial charge < -0.3 is 20.8 Å². The number of rotatable bonds is 4. The molecule has 1 heterocycles.